The monoisotopic (exact) mass is 373 g/mol. The first-order chi connectivity index (χ1) is 13.6. The fourth-order valence-corrected chi connectivity index (χ4v) is 3.53. The van der Waals surface area contributed by atoms with Crippen LogP contribution in [0.1, 0.15) is 29.0 Å². The number of unbranched alkanes of at least 4 members (excludes halogenated alkanes) is 1. The van der Waals surface area contributed by atoms with Crippen LogP contribution in [-0.4, -0.2) is 27.0 Å². The van der Waals surface area contributed by atoms with E-state index in [0.29, 0.717) is 17.9 Å². The zero-order valence-corrected chi connectivity index (χ0v) is 15.9. The second-order valence-corrected chi connectivity index (χ2v) is 6.85. The third-order valence-corrected chi connectivity index (χ3v) is 4.93. The lowest BCUT2D eigenvalue weighted by Gasteiger charge is -2.10. The number of nitrogens with one attached hydrogen (secondary N) is 1. The smallest absolute Gasteiger partial charge is 0.251 e. The van der Waals surface area contributed by atoms with Gasteiger partial charge in [0.15, 0.2) is 5.82 Å². The van der Waals surface area contributed by atoms with Gasteiger partial charge in [-0.25, -0.2) is 9.97 Å². The maximum atomic E-state index is 12.1. The van der Waals surface area contributed by atoms with Crippen molar-refractivity contribution in [3.63, 3.8) is 0 Å². The minimum atomic E-state index is -0.0327. The highest BCUT2D eigenvalue weighted by atomic mass is 16.1. The lowest BCUT2D eigenvalue weighted by Crippen LogP contribution is -2.24. The van der Waals surface area contributed by atoms with Crippen LogP contribution in [0.2, 0.25) is 0 Å². The number of rotatable bonds is 6. The molecule has 0 saturated carbocycles. The number of pyridine rings is 1. The van der Waals surface area contributed by atoms with Gasteiger partial charge in [-0.2, -0.15) is 0 Å². The molecule has 1 amide bonds. The number of para-hydroxylation sites is 1. The minimum absolute atomic E-state index is 0.0327. The molecule has 0 aliphatic rings. The van der Waals surface area contributed by atoms with Crippen LogP contribution in [0.4, 0.5) is 5.82 Å². The molecule has 6 nitrogen and oxygen atoms in total. The van der Waals surface area contributed by atoms with Crippen molar-refractivity contribution in [2.24, 2.45) is 0 Å². The van der Waals surface area contributed by atoms with E-state index < -0.39 is 0 Å². The molecule has 0 spiro atoms. The number of amides is 1. The number of aromatic nitrogens is 3. The van der Waals surface area contributed by atoms with Crippen molar-refractivity contribution in [3.05, 3.63) is 66.0 Å². The standard InChI is InChI=1S/C22H23N5O/c1-15-25-19-20(17-11-5-6-12-18(17)26-21(19)23)27(15)14-8-7-13-24-22(28)16-9-3-2-4-10-16/h2-6,9-12H,7-8,13-14H2,1H3,(H2,23,26)(H,24,28). The fraction of sp³-hybridized carbons (Fsp3) is 0.227. The van der Waals surface area contributed by atoms with Crippen molar-refractivity contribution in [1.29, 1.82) is 0 Å². The molecular formula is C22H23N5O. The molecule has 0 aliphatic carbocycles. The number of hydrogen-bond donors (Lipinski definition) is 2. The lowest BCUT2D eigenvalue weighted by atomic mass is 10.2. The number of nitrogens with zero attached hydrogens (tertiary/aromatic N) is 3. The fourth-order valence-electron chi connectivity index (χ4n) is 3.53. The summed E-state index contributed by atoms with van der Waals surface area (Å²) in [5.74, 6) is 1.36. The van der Waals surface area contributed by atoms with Crippen molar-refractivity contribution < 1.29 is 4.79 Å². The average Bonchev–Trinajstić information content (AvgIpc) is 3.05. The zero-order valence-electron chi connectivity index (χ0n) is 15.9. The Morgan fingerprint density at radius 2 is 1.79 bits per heavy atom. The first-order valence-corrected chi connectivity index (χ1v) is 9.49. The van der Waals surface area contributed by atoms with Gasteiger partial charge in [0.2, 0.25) is 0 Å². The van der Waals surface area contributed by atoms with E-state index in [1.165, 1.54) is 0 Å². The number of imidazole rings is 1. The van der Waals surface area contributed by atoms with Gasteiger partial charge in [0.25, 0.3) is 5.91 Å². The molecule has 4 rings (SSSR count). The summed E-state index contributed by atoms with van der Waals surface area (Å²) in [6.45, 7) is 3.45. The van der Waals surface area contributed by atoms with Gasteiger partial charge in [0.1, 0.15) is 11.3 Å². The Kier molecular flexibility index (Phi) is 4.93. The third kappa shape index (κ3) is 3.41. The van der Waals surface area contributed by atoms with Gasteiger partial charge in [-0.1, -0.05) is 36.4 Å². The normalized spacial score (nSPS) is 11.2. The summed E-state index contributed by atoms with van der Waals surface area (Å²) in [5, 5.41) is 4.04. The summed E-state index contributed by atoms with van der Waals surface area (Å²) in [7, 11) is 0. The molecule has 0 aliphatic heterocycles. The number of carbonyl (C=O) groups excluding carboxylic acids is 1. The van der Waals surface area contributed by atoms with Crippen LogP contribution in [-0.2, 0) is 6.54 Å². The van der Waals surface area contributed by atoms with Crippen molar-refractivity contribution in [2.75, 3.05) is 12.3 Å². The van der Waals surface area contributed by atoms with E-state index in [9.17, 15) is 4.79 Å². The molecule has 4 aromatic rings. The Hall–Kier alpha value is -3.41. The van der Waals surface area contributed by atoms with Crippen molar-refractivity contribution in [2.45, 2.75) is 26.3 Å². The summed E-state index contributed by atoms with van der Waals surface area (Å²) >= 11 is 0. The number of fused-ring (bicyclic) bond motifs is 3. The van der Waals surface area contributed by atoms with Crippen LogP contribution in [0.5, 0.6) is 0 Å². The summed E-state index contributed by atoms with van der Waals surface area (Å²) in [4.78, 5) is 21.2. The molecule has 3 N–H and O–H groups in total. The average molecular weight is 373 g/mol. The van der Waals surface area contributed by atoms with Gasteiger partial charge in [-0.3, -0.25) is 4.79 Å². The second kappa shape index (κ2) is 7.68. The second-order valence-electron chi connectivity index (χ2n) is 6.85. The van der Waals surface area contributed by atoms with Gasteiger partial charge in [-0.05, 0) is 38.0 Å². The largest absolute Gasteiger partial charge is 0.382 e. The molecule has 0 radical (unpaired) electrons. The van der Waals surface area contributed by atoms with Gasteiger partial charge >= 0.3 is 0 Å². The number of benzene rings is 2. The Morgan fingerprint density at radius 1 is 1.04 bits per heavy atom. The SMILES string of the molecule is Cc1nc2c(N)nc3ccccc3c2n1CCCCNC(=O)c1ccccc1. The van der Waals surface area contributed by atoms with Crippen molar-refractivity contribution in [3.8, 4) is 0 Å². The Bertz CT molecular complexity index is 1130. The molecule has 0 fully saturated rings. The van der Waals surface area contributed by atoms with Gasteiger partial charge in [-0.15, -0.1) is 0 Å². The Morgan fingerprint density at radius 3 is 2.61 bits per heavy atom. The topological polar surface area (TPSA) is 85.8 Å². The summed E-state index contributed by atoms with van der Waals surface area (Å²) in [6, 6.07) is 17.3. The molecular weight excluding hydrogens is 350 g/mol. The maximum absolute atomic E-state index is 12.1. The summed E-state index contributed by atoms with van der Waals surface area (Å²) in [6.07, 6.45) is 1.81. The van der Waals surface area contributed by atoms with Crippen LogP contribution in [0.25, 0.3) is 21.9 Å². The summed E-state index contributed by atoms with van der Waals surface area (Å²) < 4.78 is 2.20. The van der Waals surface area contributed by atoms with E-state index in [0.717, 1.165) is 47.1 Å². The third-order valence-electron chi connectivity index (χ3n) is 4.93. The molecule has 2 aromatic heterocycles. The van der Waals surface area contributed by atoms with Crippen LogP contribution in [0, 0.1) is 6.92 Å². The first kappa shape index (κ1) is 18.0. The molecule has 0 atom stereocenters. The molecule has 28 heavy (non-hydrogen) atoms. The predicted molar refractivity (Wildman–Crippen MR) is 112 cm³/mol. The molecule has 0 unspecified atom stereocenters. The van der Waals surface area contributed by atoms with Crippen molar-refractivity contribution >= 4 is 33.7 Å². The van der Waals surface area contributed by atoms with E-state index >= 15 is 0 Å². The quantitative estimate of drug-likeness (QED) is 0.505. The number of nitrogen functional groups attached to an aromatic ring is 1. The zero-order chi connectivity index (χ0) is 19.5. The van der Waals surface area contributed by atoms with Crippen molar-refractivity contribution in [1.82, 2.24) is 19.9 Å². The first-order valence-electron chi connectivity index (χ1n) is 9.49. The van der Waals surface area contributed by atoms with E-state index in [-0.39, 0.29) is 5.91 Å². The Labute approximate surface area is 163 Å². The molecule has 2 aromatic carbocycles. The van der Waals surface area contributed by atoms with E-state index in [2.05, 4.69) is 25.9 Å². The lowest BCUT2D eigenvalue weighted by molar-refractivity contribution is 0.0953. The highest BCUT2D eigenvalue weighted by Gasteiger charge is 2.14. The van der Waals surface area contributed by atoms with Gasteiger partial charge in [0.05, 0.1) is 11.0 Å². The van der Waals surface area contributed by atoms with E-state index in [1.54, 1.807) is 0 Å². The highest BCUT2D eigenvalue weighted by Crippen LogP contribution is 2.28. The molecule has 2 heterocycles. The number of anilines is 1. The van der Waals surface area contributed by atoms with E-state index in [4.69, 9.17) is 5.73 Å². The molecule has 6 heteroatoms. The van der Waals surface area contributed by atoms with E-state index in [1.807, 2.05) is 55.5 Å². The molecule has 0 bridgehead atoms. The van der Waals surface area contributed by atoms with Crippen LogP contribution in [0.15, 0.2) is 54.6 Å². The van der Waals surface area contributed by atoms with Crippen LogP contribution in [0.3, 0.4) is 0 Å². The van der Waals surface area contributed by atoms with Gasteiger partial charge < -0.3 is 15.6 Å². The number of nitrogens with two attached hydrogens (primary N) is 1. The highest BCUT2D eigenvalue weighted by molar-refractivity contribution is 6.06. The minimum Gasteiger partial charge on any atom is -0.382 e. The van der Waals surface area contributed by atoms with Gasteiger partial charge in [0, 0.05) is 24.0 Å². The molecule has 0 saturated heterocycles. The van der Waals surface area contributed by atoms with Crippen LogP contribution < -0.4 is 11.1 Å². The predicted octanol–water partition coefficient (Wildman–Crippen LogP) is 3.69. The number of carbonyl (C=O) groups is 1. The Balaban J connectivity index is 1.45. The van der Waals surface area contributed by atoms with Crippen LogP contribution >= 0.6 is 0 Å². The maximum Gasteiger partial charge on any atom is 0.251 e. The number of aryl methyl sites for hydroxylation is 2. The molecule has 142 valence electrons. The summed E-state index contributed by atoms with van der Waals surface area (Å²) in [5.41, 5.74) is 9.50. The number of hydrogen-bond acceptors (Lipinski definition) is 4.